The second-order valence-corrected chi connectivity index (χ2v) is 9.41. The Kier molecular flexibility index (Phi) is 5.84. The zero-order valence-electron chi connectivity index (χ0n) is 19.1. The number of imidazole rings is 1. The van der Waals surface area contributed by atoms with Crippen LogP contribution in [-0.2, 0) is 6.54 Å². The van der Waals surface area contributed by atoms with E-state index >= 15 is 0 Å². The van der Waals surface area contributed by atoms with Crippen molar-refractivity contribution in [2.24, 2.45) is 5.92 Å². The van der Waals surface area contributed by atoms with Gasteiger partial charge < -0.3 is 15.0 Å². The molecule has 7 nitrogen and oxygen atoms in total. The average molecular weight is 473 g/mol. The van der Waals surface area contributed by atoms with Crippen LogP contribution in [0.2, 0.25) is 5.02 Å². The number of nitrogens with one attached hydrogen (secondary N) is 1. The van der Waals surface area contributed by atoms with Crippen LogP contribution in [0.25, 0.3) is 22.6 Å². The van der Waals surface area contributed by atoms with Gasteiger partial charge in [-0.1, -0.05) is 41.8 Å². The molecular weight excluding hydrogens is 448 g/mol. The Balaban J connectivity index is 1.73. The molecule has 2 heterocycles. The van der Waals surface area contributed by atoms with E-state index in [-0.39, 0.29) is 17.6 Å². The molecule has 1 aliphatic rings. The highest BCUT2D eigenvalue weighted by atomic mass is 35.5. The Morgan fingerprint density at radius 2 is 1.94 bits per heavy atom. The van der Waals surface area contributed by atoms with Crippen LogP contribution >= 0.6 is 11.6 Å². The number of rotatable bonds is 6. The van der Waals surface area contributed by atoms with Crippen molar-refractivity contribution in [1.82, 2.24) is 19.5 Å². The topological polar surface area (TPSA) is 99.7 Å². The van der Waals surface area contributed by atoms with E-state index in [1.807, 2.05) is 47.9 Å². The molecule has 1 unspecified atom stereocenters. The van der Waals surface area contributed by atoms with Gasteiger partial charge in [-0.15, -0.1) is 0 Å². The van der Waals surface area contributed by atoms with E-state index in [4.69, 9.17) is 16.6 Å². The van der Waals surface area contributed by atoms with Crippen LogP contribution in [0, 0.1) is 24.2 Å². The molecule has 8 heteroatoms. The number of benzene rings is 2. The normalized spacial score (nSPS) is 14.5. The van der Waals surface area contributed by atoms with Gasteiger partial charge >= 0.3 is 0 Å². The minimum absolute atomic E-state index is 0.0620. The average Bonchev–Trinajstić information content (AvgIpc) is 3.13. The summed E-state index contributed by atoms with van der Waals surface area (Å²) in [5.74, 6) is 1.91. The summed E-state index contributed by atoms with van der Waals surface area (Å²) in [5.41, 5.74) is 3.73. The van der Waals surface area contributed by atoms with Gasteiger partial charge in [0.2, 0.25) is 5.82 Å². The number of phenols is 1. The molecule has 1 fully saturated rings. The van der Waals surface area contributed by atoms with E-state index in [1.54, 1.807) is 6.07 Å². The Morgan fingerprint density at radius 1 is 1.18 bits per heavy atom. The molecule has 1 saturated carbocycles. The number of phenolic OH excluding ortho intramolecular Hbond substituents is 1. The summed E-state index contributed by atoms with van der Waals surface area (Å²) in [7, 11) is 0. The fourth-order valence-corrected chi connectivity index (χ4v) is 4.55. The summed E-state index contributed by atoms with van der Waals surface area (Å²) in [4.78, 5) is 13.7. The smallest absolute Gasteiger partial charge is 0.236 e. The molecule has 1 atom stereocenters. The van der Waals surface area contributed by atoms with Crippen LogP contribution in [-0.4, -0.2) is 30.7 Å². The Hall–Kier alpha value is -3.63. The van der Waals surface area contributed by atoms with Crippen molar-refractivity contribution >= 4 is 28.6 Å². The number of hydrogen-bond donors (Lipinski definition) is 2. The van der Waals surface area contributed by atoms with Crippen LogP contribution in [0.3, 0.4) is 0 Å². The van der Waals surface area contributed by atoms with Crippen molar-refractivity contribution in [3.05, 3.63) is 64.4 Å². The van der Waals surface area contributed by atoms with Crippen LogP contribution in [0.1, 0.15) is 43.1 Å². The second-order valence-electron chi connectivity index (χ2n) is 8.97. The highest BCUT2D eigenvalue weighted by Crippen LogP contribution is 2.36. The van der Waals surface area contributed by atoms with E-state index in [0.29, 0.717) is 45.9 Å². The third-order valence-corrected chi connectivity index (χ3v) is 6.82. The van der Waals surface area contributed by atoms with Gasteiger partial charge in [-0.05, 0) is 62.4 Å². The van der Waals surface area contributed by atoms with Gasteiger partial charge in [-0.25, -0.2) is 4.98 Å². The minimum Gasteiger partial charge on any atom is -0.507 e. The zero-order valence-corrected chi connectivity index (χ0v) is 19.8. The SMILES string of the molecule is Cc1ccc(O)c(-c2nc3nc(C#N)nc(NC(C)C4CCC4)c3n2Cc2ccc(Cl)cc2)c1. The molecule has 5 rings (SSSR count). The predicted molar refractivity (Wildman–Crippen MR) is 133 cm³/mol. The van der Waals surface area contributed by atoms with Gasteiger partial charge in [0.25, 0.3) is 0 Å². The summed E-state index contributed by atoms with van der Waals surface area (Å²) in [6, 6.07) is 15.3. The highest BCUT2D eigenvalue weighted by molar-refractivity contribution is 6.30. The van der Waals surface area contributed by atoms with Crippen LogP contribution in [0.15, 0.2) is 42.5 Å². The second kappa shape index (κ2) is 8.96. The maximum absolute atomic E-state index is 10.7. The number of nitriles is 1. The first kappa shape index (κ1) is 22.2. The third-order valence-electron chi connectivity index (χ3n) is 6.57. The summed E-state index contributed by atoms with van der Waals surface area (Å²) < 4.78 is 2.00. The molecule has 1 aliphatic carbocycles. The Labute approximate surface area is 203 Å². The Morgan fingerprint density at radius 3 is 2.62 bits per heavy atom. The molecule has 172 valence electrons. The standard InChI is InChI=1S/C26H25ClN6O/c1-15-6-11-21(34)20(12-15)26-32-25-23(33(26)14-17-7-9-19(27)10-8-17)24(30-22(13-28)31-25)29-16(2)18-4-3-5-18/h6-12,16,18,34H,3-5,14H2,1-2H3,(H,29,30,31). The van der Waals surface area contributed by atoms with Gasteiger partial charge in [0.15, 0.2) is 11.5 Å². The number of fused-ring (bicyclic) bond motifs is 1. The number of nitrogens with zero attached hydrogens (tertiary/aromatic N) is 5. The molecule has 0 amide bonds. The van der Waals surface area contributed by atoms with E-state index in [1.165, 1.54) is 19.3 Å². The molecule has 0 saturated heterocycles. The molecule has 0 spiro atoms. The van der Waals surface area contributed by atoms with Crippen LogP contribution in [0.5, 0.6) is 5.75 Å². The largest absolute Gasteiger partial charge is 0.507 e. The van der Waals surface area contributed by atoms with Crippen molar-refractivity contribution in [3.8, 4) is 23.2 Å². The van der Waals surface area contributed by atoms with Crippen molar-refractivity contribution in [1.29, 1.82) is 5.26 Å². The lowest BCUT2D eigenvalue weighted by Crippen LogP contribution is -2.31. The summed E-state index contributed by atoms with van der Waals surface area (Å²) >= 11 is 6.11. The molecule has 0 bridgehead atoms. The van der Waals surface area contributed by atoms with Crippen molar-refractivity contribution < 1.29 is 5.11 Å². The Bertz CT molecular complexity index is 1400. The number of aromatic nitrogens is 4. The van der Waals surface area contributed by atoms with E-state index < -0.39 is 0 Å². The first-order chi connectivity index (χ1) is 16.4. The van der Waals surface area contributed by atoms with Crippen molar-refractivity contribution in [2.75, 3.05) is 5.32 Å². The van der Waals surface area contributed by atoms with Gasteiger partial charge in [-0.3, -0.25) is 0 Å². The van der Waals surface area contributed by atoms with E-state index in [0.717, 1.165) is 11.1 Å². The number of halogens is 1. The monoisotopic (exact) mass is 472 g/mol. The quantitative estimate of drug-likeness (QED) is 0.374. The van der Waals surface area contributed by atoms with Crippen molar-refractivity contribution in [3.63, 3.8) is 0 Å². The van der Waals surface area contributed by atoms with E-state index in [9.17, 15) is 10.4 Å². The summed E-state index contributed by atoms with van der Waals surface area (Å²) in [5, 5.41) is 24.5. The highest BCUT2D eigenvalue weighted by Gasteiger charge is 2.27. The fraction of sp³-hybridized carbons (Fsp3) is 0.308. The number of anilines is 1. The molecule has 2 aromatic carbocycles. The van der Waals surface area contributed by atoms with Gasteiger partial charge in [0, 0.05) is 17.6 Å². The van der Waals surface area contributed by atoms with Gasteiger partial charge in [0.1, 0.15) is 23.2 Å². The maximum atomic E-state index is 10.7. The number of hydrogen-bond acceptors (Lipinski definition) is 6. The summed E-state index contributed by atoms with van der Waals surface area (Å²) in [6.07, 6.45) is 3.60. The molecular formula is C26H25ClN6O. The molecule has 2 aromatic heterocycles. The molecule has 4 aromatic rings. The first-order valence-corrected chi connectivity index (χ1v) is 11.8. The molecule has 2 N–H and O–H groups in total. The van der Waals surface area contributed by atoms with Gasteiger partial charge in [0.05, 0.1) is 5.56 Å². The zero-order chi connectivity index (χ0) is 23.8. The van der Waals surface area contributed by atoms with Crippen LogP contribution in [0.4, 0.5) is 5.82 Å². The summed E-state index contributed by atoms with van der Waals surface area (Å²) in [6.45, 7) is 4.59. The maximum Gasteiger partial charge on any atom is 0.236 e. The lowest BCUT2D eigenvalue weighted by atomic mass is 9.80. The third kappa shape index (κ3) is 4.17. The van der Waals surface area contributed by atoms with E-state index in [2.05, 4.69) is 28.3 Å². The molecule has 34 heavy (non-hydrogen) atoms. The number of aryl methyl sites for hydroxylation is 1. The molecule has 0 aliphatic heterocycles. The lowest BCUT2D eigenvalue weighted by molar-refractivity contribution is 0.285. The van der Waals surface area contributed by atoms with Crippen molar-refractivity contribution in [2.45, 2.75) is 45.7 Å². The first-order valence-electron chi connectivity index (χ1n) is 11.4. The lowest BCUT2D eigenvalue weighted by Gasteiger charge is -2.32. The molecule has 0 radical (unpaired) electrons. The fourth-order valence-electron chi connectivity index (χ4n) is 4.42. The number of aromatic hydroxyl groups is 1. The van der Waals surface area contributed by atoms with Gasteiger partial charge in [-0.2, -0.15) is 15.2 Å². The minimum atomic E-state index is 0.0620. The predicted octanol–water partition coefficient (Wildman–Crippen LogP) is 5.68. The van der Waals surface area contributed by atoms with Crippen LogP contribution < -0.4 is 5.32 Å².